The Morgan fingerprint density at radius 2 is 2.18 bits per heavy atom. The second-order valence-corrected chi connectivity index (χ2v) is 6.19. The molecule has 3 rings (SSSR count). The Hall–Kier alpha value is -1.37. The Kier molecular flexibility index (Phi) is 4.01. The second kappa shape index (κ2) is 5.68. The van der Waals surface area contributed by atoms with Crippen molar-refractivity contribution in [3.05, 3.63) is 28.5 Å². The van der Waals surface area contributed by atoms with Gasteiger partial charge in [-0.25, -0.2) is 9.78 Å². The normalized spacial score (nSPS) is 29.3. The zero-order valence-electron chi connectivity index (χ0n) is 12.5. The fourth-order valence-electron chi connectivity index (χ4n) is 3.22. The van der Waals surface area contributed by atoms with Crippen LogP contribution in [0.2, 0.25) is 5.15 Å². The number of hydrogen-bond acceptors (Lipinski definition) is 5. The summed E-state index contributed by atoms with van der Waals surface area (Å²) in [6.45, 7) is 4.17. The van der Waals surface area contributed by atoms with E-state index < -0.39 is 11.9 Å². The number of carbonyl (C=O) groups is 1. The third kappa shape index (κ3) is 2.55. The van der Waals surface area contributed by atoms with Gasteiger partial charge < -0.3 is 19.9 Å². The molecule has 0 unspecified atom stereocenters. The van der Waals surface area contributed by atoms with Gasteiger partial charge in [-0.15, -0.1) is 0 Å². The highest BCUT2D eigenvalue weighted by atomic mass is 35.5. The van der Waals surface area contributed by atoms with Crippen LogP contribution in [0.25, 0.3) is 0 Å². The number of carbonyl (C=O) groups excluding carboxylic acids is 1. The number of nitrogens with two attached hydrogens (primary N) is 1. The van der Waals surface area contributed by atoms with E-state index in [0.29, 0.717) is 11.6 Å². The van der Waals surface area contributed by atoms with Crippen LogP contribution in [-0.4, -0.2) is 29.9 Å². The first-order valence-corrected chi connectivity index (χ1v) is 7.73. The van der Waals surface area contributed by atoms with Crippen LogP contribution in [0.15, 0.2) is 12.3 Å². The first-order valence-electron chi connectivity index (χ1n) is 7.35. The summed E-state index contributed by atoms with van der Waals surface area (Å²) in [5.41, 5.74) is 6.75. The highest BCUT2D eigenvalue weighted by Gasteiger charge is 2.51. The van der Waals surface area contributed by atoms with Gasteiger partial charge in [-0.1, -0.05) is 11.6 Å². The lowest BCUT2D eigenvalue weighted by molar-refractivity contribution is -0.193. The molecule has 0 saturated carbocycles. The molecule has 1 amide bonds. The van der Waals surface area contributed by atoms with Gasteiger partial charge in [-0.2, -0.15) is 0 Å². The summed E-state index contributed by atoms with van der Waals surface area (Å²) in [6.07, 6.45) is 2.19. The van der Waals surface area contributed by atoms with Gasteiger partial charge in [0, 0.05) is 18.5 Å². The van der Waals surface area contributed by atoms with E-state index in [-0.39, 0.29) is 24.7 Å². The van der Waals surface area contributed by atoms with Crippen molar-refractivity contribution in [1.29, 1.82) is 0 Å². The van der Waals surface area contributed by atoms with Gasteiger partial charge in [0.25, 0.3) is 0 Å². The summed E-state index contributed by atoms with van der Waals surface area (Å²) in [6, 6.07) is 1.87. The molecule has 0 bridgehead atoms. The monoisotopic (exact) mass is 326 g/mol. The fraction of sp³-hybridized carbons (Fsp3) is 0.600. The molecule has 1 aromatic heterocycles. The molecule has 7 heteroatoms. The smallest absolute Gasteiger partial charge is 0.404 e. The Labute approximate surface area is 133 Å². The first-order chi connectivity index (χ1) is 10.4. The molecule has 22 heavy (non-hydrogen) atoms. The molecular formula is C15H19ClN2O4. The van der Waals surface area contributed by atoms with Crippen molar-refractivity contribution >= 4 is 17.7 Å². The van der Waals surface area contributed by atoms with Crippen molar-refractivity contribution in [3.8, 4) is 0 Å². The number of fused-ring (bicyclic) bond motifs is 2. The average Bonchev–Trinajstić information content (AvgIpc) is 2.73. The largest absolute Gasteiger partial charge is 0.449 e. The SMILES string of the molecule is C[C@H]1OC2(CC[C@@H](COC(N)=O)c3ccnc(Cl)c32)O[C@@H]1C. The number of pyridine rings is 1. The molecule has 1 fully saturated rings. The number of primary amides is 1. The zero-order valence-corrected chi connectivity index (χ0v) is 13.3. The van der Waals surface area contributed by atoms with Crippen molar-refractivity contribution < 1.29 is 19.0 Å². The number of aromatic nitrogens is 1. The summed E-state index contributed by atoms with van der Waals surface area (Å²) in [4.78, 5) is 15.0. The minimum Gasteiger partial charge on any atom is -0.449 e. The van der Waals surface area contributed by atoms with Gasteiger partial charge >= 0.3 is 6.09 Å². The fourth-order valence-corrected chi connectivity index (χ4v) is 3.53. The Balaban J connectivity index is 1.98. The van der Waals surface area contributed by atoms with Gasteiger partial charge in [0.15, 0.2) is 5.79 Å². The van der Waals surface area contributed by atoms with Crippen LogP contribution in [-0.2, 0) is 20.0 Å². The highest BCUT2D eigenvalue weighted by molar-refractivity contribution is 6.30. The summed E-state index contributed by atoms with van der Waals surface area (Å²) in [7, 11) is 0. The number of amides is 1. The van der Waals surface area contributed by atoms with Crippen molar-refractivity contribution in [2.45, 2.75) is 50.6 Å². The summed E-state index contributed by atoms with van der Waals surface area (Å²) in [5.74, 6) is -0.852. The van der Waals surface area contributed by atoms with Crippen molar-refractivity contribution in [2.24, 2.45) is 5.73 Å². The molecule has 1 spiro atoms. The molecule has 2 heterocycles. The lowest BCUT2D eigenvalue weighted by atomic mass is 9.80. The third-order valence-corrected chi connectivity index (χ3v) is 4.71. The maximum atomic E-state index is 10.9. The lowest BCUT2D eigenvalue weighted by Crippen LogP contribution is -2.36. The Bertz CT molecular complexity index is 585. The average molecular weight is 327 g/mol. The van der Waals surface area contributed by atoms with E-state index in [2.05, 4.69) is 4.98 Å². The van der Waals surface area contributed by atoms with Crippen LogP contribution in [0, 0.1) is 0 Å². The third-order valence-electron chi connectivity index (χ3n) is 4.42. The predicted molar refractivity (Wildman–Crippen MR) is 79.5 cm³/mol. The minimum absolute atomic E-state index is 0.00652. The van der Waals surface area contributed by atoms with Crippen LogP contribution in [0.1, 0.15) is 43.7 Å². The van der Waals surface area contributed by atoms with Crippen molar-refractivity contribution in [3.63, 3.8) is 0 Å². The van der Waals surface area contributed by atoms with Gasteiger partial charge in [0.1, 0.15) is 11.8 Å². The molecule has 6 nitrogen and oxygen atoms in total. The van der Waals surface area contributed by atoms with E-state index in [9.17, 15) is 4.79 Å². The Morgan fingerprint density at radius 1 is 1.50 bits per heavy atom. The van der Waals surface area contributed by atoms with Crippen LogP contribution < -0.4 is 5.73 Å². The maximum absolute atomic E-state index is 10.9. The minimum atomic E-state index is -0.858. The van der Waals surface area contributed by atoms with Crippen LogP contribution in [0.5, 0.6) is 0 Å². The molecule has 1 aliphatic carbocycles. The standard InChI is InChI=1S/C15H19ClN2O4/c1-8-9(2)22-15(21-8)5-3-10(7-20-14(17)19)11-4-6-18-13(16)12(11)15/h4,6,8-10H,3,5,7H2,1-2H3,(H2,17,19)/t8-,9-,10+/m1/s1. The lowest BCUT2D eigenvalue weighted by Gasteiger charge is -2.38. The first kappa shape index (κ1) is 15.5. The predicted octanol–water partition coefficient (Wildman–Crippen LogP) is 2.68. The van der Waals surface area contributed by atoms with E-state index in [4.69, 9.17) is 31.5 Å². The van der Waals surface area contributed by atoms with Crippen LogP contribution in [0.3, 0.4) is 0 Å². The van der Waals surface area contributed by atoms with Gasteiger partial charge in [-0.3, -0.25) is 0 Å². The molecule has 1 aliphatic heterocycles. The summed E-state index contributed by atoms with van der Waals surface area (Å²) in [5, 5.41) is 0.363. The van der Waals surface area contributed by atoms with Gasteiger partial charge in [0.05, 0.1) is 17.8 Å². The molecule has 120 valence electrons. The number of halogens is 1. The molecule has 2 aliphatic rings. The zero-order chi connectivity index (χ0) is 15.9. The quantitative estimate of drug-likeness (QED) is 0.845. The highest BCUT2D eigenvalue weighted by Crippen LogP contribution is 2.51. The molecule has 0 aromatic carbocycles. The van der Waals surface area contributed by atoms with Crippen molar-refractivity contribution in [2.75, 3.05) is 6.61 Å². The summed E-state index contributed by atoms with van der Waals surface area (Å²) >= 11 is 6.33. The van der Waals surface area contributed by atoms with E-state index in [1.54, 1.807) is 6.20 Å². The van der Waals surface area contributed by atoms with Gasteiger partial charge in [-0.05, 0) is 31.9 Å². The van der Waals surface area contributed by atoms with E-state index >= 15 is 0 Å². The number of rotatable bonds is 2. The molecule has 3 atom stereocenters. The van der Waals surface area contributed by atoms with E-state index in [1.807, 2.05) is 19.9 Å². The second-order valence-electron chi connectivity index (χ2n) is 5.83. The molecule has 1 saturated heterocycles. The molecular weight excluding hydrogens is 308 g/mol. The summed E-state index contributed by atoms with van der Waals surface area (Å²) < 4.78 is 17.2. The number of nitrogens with zero attached hydrogens (tertiary/aromatic N) is 1. The maximum Gasteiger partial charge on any atom is 0.404 e. The topological polar surface area (TPSA) is 83.7 Å². The molecule has 0 radical (unpaired) electrons. The van der Waals surface area contributed by atoms with Crippen molar-refractivity contribution in [1.82, 2.24) is 4.98 Å². The molecule has 2 N–H and O–H groups in total. The van der Waals surface area contributed by atoms with Crippen LogP contribution in [0.4, 0.5) is 4.79 Å². The number of ether oxygens (including phenoxy) is 3. The Morgan fingerprint density at radius 3 is 2.82 bits per heavy atom. The number of hydrogen-bond donors (Lipinski definition) is 1. The van der Waals surface area contributed by atoms with Crippen LogP contribution >= 0.6 is 11.6 Å². The van der Waals surface area contributed by atoms with E-state index in [0.717, 1.165) is 17.5 Å². The van der Waals surface area contributed by atoms with E-state index in [1.165, 1.54) is 0 Å². The van der Waals surface area contributed by atoms with Gasteiger partial charge in [0.2, 0.25) is 0 Å². The molecule has 1 aromatic rings.